The van der Waals surface area contributed by atoms with Crippen molar-refractivity contribution in [2.24, 2.45) is 0 Å². The van der Waals surface area contributed by atoms with E-state index in [0.717, 1.165) is 23.9 Å². The number of amides is 1. The highest BCUT2D eigenvalue weighted by Crippen LogP contribution is 2.21. The standard InChI is InChI=1S/C17H16F2N2O2/c18-12-1-6-16(19)15(11-12)17(23)21-9-7-20(8-10-21)13-2-4-14(22)5-3-13/h1-6,11,22H,7-10H2. The molecule has 23 heavy (non-hydrogen) atoms. The first-order valence-corrected chi connectivity index (χ1v) is 7.33. The molecular formula is C17H16F2N2O2. The van der Waals surface area contributed by atoms with Crippen LogP contribution in [0.5, 0.6) is 5.75 Å². The molecule has 1 amide bonds. The number of nitrogens with zero attached hydrogens (tertiary/aromatic N) is 2. The van der Waals surface area contributed by atoms with Crippen molar-refractivity contribution >= 4 is 11.6 Å². The Morgan fingerprint density at radius 3 is 2.26 bits per heavy atom. The van der Waals surface area contributed by atoms with Gasteiger partial charge in [0.05, 0.1) is 5.56 Å². The van der Waals surface area contributed by atoms with Crippen LogP contribution in [0.4, 0.5) is 14.5 Å². The molecule has 0 aromatic heterocycles. The van der Waals surface area contributed by atoms with Gasteiger partial charge >= 0.3 is 0 Å². The normalized spacial score (nSPS) is 14.9. The van der Waals surface area contributed by atoms with Crippen LogP contribution in [0, 0.1) is 11.6 Å². The van der Waals surface area contributed by atoms with E-state index in [1.807, 2.05) is 0 Å². The Labute approximate surface area is 132 Å². The van der Waals surface area contributed by atoms with Crippen molar-refractivity contribution in [2.45, 2.75) is 0 Å². The van der Waals surface area contributed by atoms with E-state index >= 15 is 0 Å². The highest BCUT2D eigenvalue weighted by atomic mass is 19.1. The molecule has 0 unspecified atom stereocenters. The predicted octanol–water partition coefficient (Wildman–Crippen LogP) is 2.63. The highest BCUT2D eigenvalue weighted by Gasteiger charge is 2.24. The first-order chi connectivity index (χ1) is 11.0. The van der Waals surface area contributed by atoms with Crippen molar-refractivity contribution in [1.82, 2.24) is 4.90 Å². The summed E-state index contributed by atoms with van der Waals surface area (Å²) in [5, 5.41) is 9.31. The van der Waals surface area contributed by atoms with Crippen LogP contribution < -0.4 is 4.90 Å². The van der Waals surface area contributed by atoms with Gasteiger partial charge in [-0.25, -0.2) is 8.78 Å². The largest absolute Gasteiger partial charge is 0.508 e. The van der Waals surface area contributed by atoms with Crippen molar-refractivity contribution < 1.29 is 18.7 Å². The number of carbonyl (C=O) groups is 1. The third kappa shape index (κ3) is 3.26. The maximum absolute atomic E-state index is 13.7. The van der Waals surface area contributed by atoms with Gasteiger partial charge in [-0.15, -0.1) is 0 Å². The first-order valence-electron chi connectivity index (χ1n) is 7.33. The molecule has 3 rings (SSSR count). The van der Waals surface area contributed by atoms with Crippen LogP contribution in [0.15, 0.2) is 42.5 Å². The van der Waals surface area contributed by atoms with Crippen molar-refractivity contribution in [1.29, 1.82) is 0 Å². The summed E-state index contributed by atoms with van der Waals surface area (Å²) in [5.41, 5.74) is 0.718. The van der Waals surface area contributed by atoms with Gasteiger partial charge in [0.25, 0.3) is 5.91 Å². The fourth-order valence-electron chi connectivity index (χ4n) is 2.66. The Hall–Kier alpha value is -2.63. The van der Waals surface area contributed by atoms with Crippen LogP contribution in [-0.4, -0.2) is 42.1 Å². The van der Waals surface area contributed by atoms with E-state index in [2.05, 4.69) is 4.90 Å². The van der Waals surface area contributed by atoms with Crippen molar-refractivity contribution in [3.8, 4) is 5.75 Å². The molecule has 4 nitrogen and oxygen atoms in total. The highest BCUT2D eigenvalue weighted by molar-refractivity contribution is 5.94. The van der Waals surface area contributed by atoms with E-state index in [1.165, 1.54) is 4.90 Å². The molecule has 1 saturated heterocycles. The monoisotopic (exact) mass is 318 g/mol. The molecule has 120 valence electrons. The summed E-state index contributed by atoms with van der Waals surface area (Å²) >= 11 is 0. The predicted molar refractivity (Wildman–Crippen MR) is 82.6 cm³/mol. The second kappa shape index (κ2) is 6.24. The van der Waals surface area contributed by atoms with Gasteiger partial charge in [-0.05, 0) is 42.5 Å². The fourth-order valence-corrected chi connectivity index (χ4v) is 2.66. The minimum absolute atomic E-state index is 0.198. The van der Waals surface area contributed by atoms with Crippen LogP contribution in [0.1, 0.15) is 10.4 Å². The number of phenols is 1. The lowest BCUT2D eigenvalue weighted by molar-refractivity contribution is 0.0741. The number of halogens is 2. The SMILES string of the molecule is O=C(c1cc(F)ccc1F)N1CCN(c2ccc(O)cc2)CC1. The molecule has 1 aliphatic rings. The summed E-state index contributed by atoms with van der Waals surface area (Å²) < 4.78 is 26.9. The van der Waals surface area contributed by atoms with E-state index in [0.29, 0.717) is 26.2 Å². The number of benzene rings is 2. The summed E-state index contributed by atoms with van der Waals surface area (Å²) in [7, 11) is 0. The molecule has 1 heterocycles. The zero-order chi connectivity index (χ0) is 16.4. The first kappa shape index (κ1) is 15.3. The molecule has 0 atom stereocenters. The number of hydrogen-bond acceptors (Lipinski definition) is 3. The van der Waals surface area contributed by atoms with Gasteiger partial charge in [-0.2, -0.15) is 0 Å². The molecular weight excluding hydrogens is 302 g/mol. The molecule has 1 fully saturated rings. The quantitative estimate of drug-likeness (QED) is 0.926. The number of hydrogen-bond donors (Lipinski definition) is 1. The number of piperazine rings is 1. The molecule has 0 spiro atoms. The molecule has 0 radical (unpaired) electrons. The topological polar surface area (TPSA) is 43.8 Å². The third-order valence-corrected chi connectivity index (χ3v) is 3.94. The minimum atomic E-state index is -0.711. The Bertz CT molecular complexity index is 711. The summed E-state index contributed by atoms with van der Waals surface area (Å²) in [6, 6.07) is 9.72. The minimum Gasteiger partial charge on any atom is -0.508 e. The fraction of sp³-hybridized carbons (Fsp3) is 0.235. The van der Waals surface area contributed by atoms with Gasteiger partial charge in [0, 0.05) is 31.9 Å². The molecule has 2 aromatic rings. The number of phenolic OH excluding ortho intramolecular Hbond substituents is 1. The lowest BCUT2D eigenvalue weighted by Crippen LogP contribution is -2.49. The smallest absolute Gasteiger partial charge is 0.257 e. The molecule has 0 aliphatic carbocycles. The Morgan fingerprint density at radius 2 is 1.61 bits per heavy atom. The maximum Gasteiger partial charge on any atom is 0.257 e. The van der Waals surface area contributed by atoms with Gasteiger partial charge in [0.15, 0.2) is 0 Å². The van der Waals surface area contributed by atoms with Crippen molar-refractivity contribution in [2.75, 3.05) is 31.1 Å². The number of carbonyl (C=O) groups excluding carboxylic acids is 1. The number of anilines is 1. The summed E-state index contributed by atoms with van der Waals surface area (Å²) in [4.78, 5) is 15.9. The van der Waals surface area contributed by atoms with Gasteiger partial charge in [-0.1, -0.05) is 0 Å². The second-order valence-corrected chi connectivity index (χ2v) is 5.42. The van der Waals surface area contributed by atoms with Crippen LogP contribution in [0.25, 0.3) is 0 Å². The van der Waals surface area contributed by atoms with E-state index in [9.17, 15) is 18.7 Å². The van der Waals surface area contributed by atoms with Crippen molar-refractivity contribution in [3.63, 3.8) is 0 Å². The molecule has 1 aliphatic heterocycles. The Kier molecular flexibility index (Phi) is 4.14. The van der Waals surface area contributed by atoms with Crippen LogP contribution in [-0.2, 0) is 0 Å². The lowest BCUT2D eigenvalue weighted by Gasteiger charge is -2.36. The zero-order valence-electron chi connectivity index (χ0n) is 12.4. The van der Waals surface area contributed by atoms with Crippen molar-refractivity contribution in [3.05, 3.63) is 59.7 Å². The second-order valence-electron chi connectivity index (χ2n) is 5.42. The number of aromatic hydroxyl groups is 1. The van der Waals surface area contributed by atoms with Crippen LogP contribution in [0.3, 0.4) is 0 Å². The Balaban J connectivity index is 1.67. The van der Waals surface area contributed by atoms with E-state index in [-0.39, 0.29) is 11.3 Å². The summed E-state index contributed by atoms with van der Waals surface area (Å²) in [5.74, 6) is -1.63. The van der Waals surface area contributed by atoms with E-state index < -0.39 is 17.5 Å². The summed E-state index contributed by atoms with van der Waals surface area (Å²) in [6.07, 6.45) is 0. The molecule has 0 bridgehead atoms. The maximum atomic E-state index is 13.7. The average Bonchev–Trinajstić information content (AvgIpc) is 2.57. The molecule has 1 N–H and O–H groups in total. The third-order valence-electron chi connectivity index (χ3n) is 3.94. The van der Waals surface area contributed by atoms with Crippen LogP contribution in [0.2, 0.25) is 0 Å². The van der Waals surface area contributed by atoms with E-state index in [1.54, 1.807) is 24.3 Å². The van der Waals surface area contributed by atoms with Gasteiger partial charge in [-0.3, -0.25) is 4.79 Å². The average molecular weight is 318 g/mol. The van der Waals surface area contributed by atoms with E-state index in [4.69, 9.17) is 0 Å². The van der Waals surface area contributed by atoms with Gasteiger partial charge in [0.1, 0.15) is 17.4 Å². The Morgan fingerprint density at radius 1 is 0.957 bits per heavy atom. The van der Waals surface area contributed by atoms with Gasteiger partial charge in [0.2, 0.25) is 0 Å². The molecule has 2 aromatic carbocycles. The molecule has 6 heteroatoms. The molecule has 0 saturated carbocycles. The van der Waals surface area contributed by atoms with Gasteiger partial charge < -0.3 is 14.9 Å². The number of rotatable bonds is 2. The van der Waals surface area contributed by atoms with Crippen LogP contribution >= 0.6 is 0 Å². The lowest BCUT2D eigenvalue weighted by atomic mass is 10.1. The zero-order valence-corrected chi connectivity index (χ0v) is 12.4. The summed E-state index contributed by atoms with van der Waals surface area (Å²) in [6.45, 7) is 2.03.